The van der Waals surface area contributed by atoms with Crippen molar-refractivity contribution in [1.82, 2.24) is 15.0 Å². The van der Waals surface area contributed by atoms with Gasteiger partial charge in [0.2, 0.25) is 0 Å². The average molecular weight is 343 g/mol. The summed E-state index contributed by atoms with van der Waals surface area (Å²) in [5.74, 6) is 0.959. The minimum Gasteiger partial charge on any atom is -0.352 e. The monoisotopic (exact) mass is 343 g/mol. The van der Waals surface area contributed by atoms with Crippen molar-refractivity contribution in [2.45, 2.75) is 4.90 Å². The topological polar surface area (TPSA) is 45.2 Å². The summed E-state index contributed by atoms with van der Waals surface area (Å²) < 4.78 is 1.27. The molecule has 1 fully saturated rings. The van der Waals surface area contributed by atoms with Crippen molar-refractivity contribution in [3.05, 3.63) is 36.8 Å². The number of hydrogen-bond donors (Lipinski definition) is 0. The number of fused-ring (bicyclic) bond motifs is 1. The van der Waals surface area contributed by atoms with Crippen LogP contribution in [0.4, 0.5) is 10.9 Å². The predicted molar refractivity (Wildman–Crippen MR) is 97.9 cm³/mol. The van der Waals surface area contributed by atoms with E-state index in [1.54, 1.807) is 35.5 Å². The zero-order chi connectivity index (χ0) is 15.6. The Morgan fingerprint density at radius 3 is 2.65 bits per heavy atom. The van der Waals surface area contributed by atoms with Gasteiger partial charge in [-0.3, -0.25) is 4.98 Å². The SMILES string of the molecule is CSc1cccc2sc(N3CCN(c4cnccn4)CC3)nc12. The maximum absolute atomic E-state index is 4.88. The number of piperazine rings is 1. The van der Waals surface area contributed by atoms with Crippen molar-refractivity contribution in [2.24, 2.45) is 0 Å². The maximum atomic E-state index is 4.88. The fourth-order valence-electron chi connectivity index (χ4n) is 2.79. The van der Waals surface area contributed by atoms with E-state index in [1.165, 1.54) is 9.60 Å². The second kappa shape index (κ2) is 6.33. The molecule has 0 radical (unpaired) electrons. The first kappa shape index (κ1) is 14.7. The lowest BCUT2D eigenvalue weighted by Crippen LogP contribution is -2.46. The zero-order valence-electron chi connectivity index (χ0n) is 12.8. The molecule has 3 heterocycles. The molecule has 5 nitrogen and oxygen atoms in total. The summed E-state index contributed by atoms with van der Waals surface area (Å²) in [6.07, 6.45) is 7.40. The minimum absolute atomic E-state index is 0.948. The second-order valence-corrected chi connectivity index (χ2v) is 7.20. The summed E-state index contributed by atoms with van der Waals surface area (Å²) >= 11 is 3.54. The third-order valence-corrected chi connectivity index (χ3v) is 5.86. The Labute approximate surface area is 143 Å². The van der Waals surface area contributed by atoms with Crippen molar-refractivity contribution in [2.75, 3.05) is 42.2 Å². The number of aromatic nitrogens is 3. The van der Waals surface area contributed by atoms with Gasteiger partial charge >= 0.3 is 0 Å². The molecule has 1 saturated heterocycles. The van der Waals surface area contributed by atoms with Gasteiger partial charge in [0.25, 0.3) is 0 Å². The Bertz CT molecular complexity index is 797. The van der Waals surface area contributed by atoms with Crippen LogP contribution in [-0.4, -0.2) is 47.4 Å². The predicted octanol–water partition coefficient (Wildman–Crippen LogP) is 3.13. The van der Waals surface area contributed by atoms with Crippen molar-refractivity contribution in [1.29, 1.82) is 0 Å². The van der Waals surface area contributed by atoms with Crippen LogP contribution < -0.4 is 9.80 Å². The number of thiazole rings is 1. The molecule has 0 amide bonds. The van der Waals surface area contributed by atoms with Crippen molar-refractivity contribution < 1.29 is 0 Å². The van der Waals surface area contributed by atoms with E-state index in [0.717, 1.165) is 42.6 Å². The van der Waals surface area contributed by atoms with E-state index < -0.39 is 0 Å². The second-order valence-electron chi connectivity index (χ2n) is 5.34. The molecule has 118 valence electrons. The normalized spacial score (nSPS) is 15.3. The molecule has 4 rings (SSSR count). The number of thioether (sulfide) groups is 1. The van der Waals surface area contributed by atoms with Crippen LogP contribution in [0, 0.1) is 0 Å². The molecule has 1 aromatic carbocycles. The van der Waals surface area contributed by atoms with E-state index in [1.807, 2.05) is 6.20 Å². The molecule has 0 aliphatic carbocycles. The fourth-order valence-corrected chi connectivity index (χ4v) is 4.47. The summed E-state index contributed by atoms with van der Waals surface area (Å²) in [5.41, 5.74) is 1.14. The van der Waals surface area contributed by atoms with Crippen molar-refractivity contribution >= 4 is 44.3 Å². The van der Waals surface area contributed by atoms with Crippen molar-refractivity contribution in [3.8, 4) is 0 Å². The van der Waals surface area contributed by atoms with E-state index in [2.05, 4.69) is 44.2 Å². The Balaban J connectivity index is 1.52. The third kappa shape index (κ3) is 2.86. The van der Waals surface area contributed by atoms with E-state index >= 15 is 0 Å². The highest BCUT2D eigenvalue weighted by molar-refractivity contribution is 7.98. The highest BCUT2D eigenvalue weighted by Gasteiger charge is 2.21. The number of para-hydroxylation sites is 1. The van der Waals surface area contributed by atoms with Gasteiger partial charge in [-0.1, -0.05) is 17.4 Å². The number of nitrogens with zero attached hydrogens (tertiary/aromatic N) is 5. The molecule has 3 aromatic rings. The standard InChI is InChI=1S/C16H17N5S2/c1-22-12-3-2-4-13-15(12)19-16(23-13)21-9-7-20(8-10-21)14-11-17-5-6-18-14/h2-6,11H,7-10H2,1H3. The van der Waals surface area contributed by atoms with Crippen LogP contribution in [0.3, 0.4) is 0 Å². The first-order chi connectivity index (χ1) is 11.3. The average Bonchev–Trinajstić information content (AvgIpc) is 3.07. The Hall–Kier alpha value is -1.86. The molecular weight excluding hydrogens is 326 g/mol. The molecule has 2 aromatic heterocycles. The molecule has 1 aliphatic heterocycles. The molecule has 7 heteroatoms. The number of hydrogen-bond acceptors (Lipinski definition) is 7. The van der Waals surface area contributed by atoms with Gasteiger partial charge in [0.05, 0.1) is 16.4 Å². The quantitative estimate of drug-likeness (QED) is 0.681. The molecule has 0 atom stereocenters. The largest absolute Gasteiger partial charge is 0.352 e. The Morgan fingerprint density at radius 1 is 1.09 bits per heavy atom. The summed E-state index contributed by atoms with van der Waals surface area (Å²) in [6.45, 7) is 3.82. The molecule has 0 unspecified atom stereocenters. The van der Waals surface area contributed by atoms with Gasteiger partial charge < -0.3 is 9.80 Å². The number of anilines is 2. The molecule has 0 spiro atoms. The van der Waals surface area contributed by atoms with Crippen LogP contribution in [0.15, 0.2) is 41.7 Å². The van der Waals surface area contributed by atoms with Gasteiger partial charge in [-0.05, 0) is 18.4 Å². The minimum atomic E-state index is 0.948. The summed E-state index contributed by atoms with van der Waals surface area (Å²) in [6, 6.07) is 6.41. The molecule has 0 bridgehead atoms. The van der Waals surface area contributed by atoms with E-state index in [0.29, 0.717) is 0 Å². The van der Waals surface area contributed by atoms with Gasteiger partial charge in [0.15, 0.2) is 5.13 Å². The van der Waals surface area contributed by atoms with Crippen LogP contribution in [-0.2, 0) is 0 Å². The first-order valence-corrected chi connectivity index (χ1v) is 9.59. The maximum Gasteiger partial charge on any atom is 0.186 e. The zero-order valence-corrected chi connectivity index (χ0v) is 14.5. The molecule has 0 saturated carbocycles. The van der Waals surface area contributed by atoms with Crippen LogP contribution in [0.1, 0.15) is 0 Å². The highest BCUT2D eigenvalue weighted by Crippen LogP contribution is 2.34. The lowest BCUT2D eigenvalue weighted by atomic mass is 10.3. The fraction of sp³-hybridized carbons (Fsp3) is 0.312. The Morgan fingerprint density at radius 2 is 1.91 bits per heavy atom. The van der Waals surface area contributed by atoms with Gasteiger partial charge in [-0.25, -0.2) is 9.97 Å². The van der Waals surface area contributed by atoms with Crippen LogP contribution in [0.25, 0.3) is 10.2 Å². The summed E-state index contributed by atoms with van der Waals surface area (Å²) in [5, 5.41) is 1.13. The Kier molecular flexibility index (Phi) is 4.05. The molecule has 0 N–H and O–H groups in total. The van der Waals surface area contributed by atoms with Gasteiger partial charge in [0, 0.05) is 43.5 Å². The molecular formula is C16H17N5S2. The van der Waals surface area contributed by atoms with E-state index in [-0.39, 0.29) is 0 Å². The van der Waals surface area contributed by atoms with Gasteiger partial charge in [0.1, 0.15) is 5.82 Å². The highest BCUT2D eigenvalue weighted by atomic mass is 32.2. The first-order valence-electron chi connectivity index (χ1n) is 7.54. The van der Waals surface area contributed by atoms with Crippen LogP contribution in [0.5, 0.6) is 0 Å². The smallest absolute Gasteiger partial charge is 0.186 e. The van der Waals surface area contributed by atoms with Crippen LogP contribution in [0.2, 0.25) is 0 Å². The van der Waals surface area contributed by atoms with Crippen LogP contribution >= 0.6 is 23.1 Å². The van der Waals surface area contributed by atoms with E-state index in [4.69, 9.17) is 4.98 Å². The molecule has 23 heavy (non-hydrogen) atoms. The molecule has 1 aliphatic rings. The van der Waals surface area contributed by atoms with Gasteiger partial charge in [-0.15, -0.1) is 11.8 Å². The summed E-state index contributed by atoms with van der Waals surface area (Å²) in [4.78, 5) is 19.3. The third-order valence-electron chi connectivity index (χ3n) is 4.01. The number of rotatable bonds is 3. The van der Waals surface area contributed by atoms with Crippen molar-refractivity contribution in [3.63, 3.8) is 0 Å². The van der Waals surface area contributed by atoms with E-state index in [9.17, 15) is 0 Å². The van der Waals surface area contributed by atoms with Gasteiger partial charge in [-0.2, -0.15) is 0 Å². The summed E-state index contributed by atoms with van der Waals surface area (Å²) in [7, 11) is 0. The lowest BCUT2D eigenvalue weighted by Gasteiger charge is -2.34. The lowest BCUT2D eigenvalue weighted by molar-refractivity contribution is 0.645. The number of benzene rings is 1.